The Balaban J connectivity index is 2.18. The van der Waals surface area contributed by atoms with Gasteiger partial charge in [0, 0.05) is 23.4 Å². The molecule has 0 fully saturated rings. The molecule has 24 heavy (non-hydrogen) atoms. The number of hydrogen-bond donors (Lipinski definition) is 2. The number of aryl methyl sites for hydroxylation is 1. The number of anilines is 2. The number of carbonyl (C=O) groups excluding carboxylic acids is 2. The van der Waals surface area contributed by atoms with Crippen molar-refractivity contribution < 1.29 is 9.59 Å². The minimum Gasteiger partial charge on any atom is -0.348 e. The Labute approximate surface area is 141 Å². The summed E-state index contributed by atoms with van der Waals surface area (Å²) in [5.41, 5.74) is 1.75. The molecule has 6 heteroatoms. The lowest BCUT2D eigenvalue weighted by molar-refractivity contribution is 0.0933. The van der Waals surface area contributed by atoms with E-state index in [9.17, 15) is 9.59 Å². The number of ketones is 1. The van der Waals surface area contributed by atoms with Crippen molar-refractivity contribution in [3.8, 4) is 0 Å². The van der Waals surface area contributed by atoms with Crippen LogP contribution in [0, 0.1) is 6.92 Å². The van der Waals surface area contributed by atoms with Gasteiger partial charge in [-0.3, -0.25) is 9.59 Å². The van der Waals surface area contributed by atoms with E-state index in [0.29, 0.717) is 22.9 Å². The molecule has 126 valence electrons. The van der Waals surface area contributed by atoms with Crippen molar-refractivity contribution >= 4 is 23.2 Å². The SMILES string of the molecule is CCC(C)NC(=O)c1cc(Nc2ccc(C(C)=O)cc2)nc(C)n1. The van der Waals surface area contributed by atoms with E-state index in [-0.39, 0.29) is 17.7 Å². The van der Waals surface area contributed by atoms with Gasteiger partial charge < -0.3 is 10.6 Å². The summed E-state index contributed by atoms with van der Waals surface area (Å²) >= 11 is 0. The van der Waals surface area contributed by atoms with Crippen molar-refractivity contribution in [1.82, 2.24) is 15.3 Å². The molecule has 1 heterocycles. The quantitative estimate of drug-likeness (QED) is 0.796. The van der Waals surface area contributed by atoms with Gasteiger partial charge >= 0.3 is 0 Å². The predicted octanol–water partition coefficient (Wildman–Crippen LogP) is 3.26. The summed E-state index contributed by atoms with van der Waals surface area (Å²) in [4.78, 5) is 32.0. The Morgan fingerprint density at radius 3 is 2.42 bits per heavy atom. The largest absolute Gasteiger partial charge is 0.348 e. The van der Waals surface area contributed by atoms with Crippen molar-refractivity contribution in [2.45, 2.75) is 40.2 Å². The highest BCUT2D eigenvalue weighted by Crippen LogP contribution is 2.16. The van der Waals surface area contributed by atoms with Gasteiger partial charge in [0.15, 0.2) is 5.78 Å². The zero-order valence-corrected chi connectivity index (χ0v) is 14.4. The lowest BCUT2D eigenvalue weighted by atomic mass is 10.1. The Kier molecular flexibility index (Phi) is 5.63. The third-order valence-corrected chi connectivity index (χ3v) is 3.62. The number of rotatable bonds is 6. The highest BCUT2D eigenvalue weighted by Gasteiger charge is 2.12. The van der Waals surface area contributed by atoms with Crippen LogP contribution >= 0.6 is 0 Å². The van der Waals surface area contributed by atoms with Crippen molar-refractivity contribution in [2.24, 2.45) is 0 Å². The van der Waals surface area contributed by atoms with Gasteiger partial charge in [0.05, 0.1) is 0 Å². The van der Waals surface area contributed by atoms with Gasteiger partial charge in [-0.2, -0.15) is 0 Å². The maximum atomic E-state index is 12.2. The van der Waals surface area contributed by atoms with Crippen LogP contribution in [-0.2, 0) is 0 Å². The van der Waals surface area contributed by atoms with E-state index in [4.69, 9.17) is 0 Å². The molecule has 0 bridgehead atoms. The molecule has 1 aromatic carbocycles. The number of hydrogen-bond acceptors (Lipinski definition) is 5. The molecule has 2 rings (SSSR count). The van der Waals surface area contributed by atoms with Crippen LogP contribution in [0.2, 0.25) is 0 Å². The number of benzene rings is 1. The minimum absolute atomic E-state index is 0.0171. The topological polar surface area (TPSA) is 84.0 Å². The first kappa shape index (κ1) is 17.6. The van der Waals surface area contributed by atoms with Crippen LogP contribution in [0.25, 0.3) is 0 Å². The van der Waals surface area contributed by atoms with E-state index in [0.717, 1.165) is 12.1 Å². The van der Waals surface area contributed by atoms with Crippen LogP contribution in [0.5, 0.6) is 0 Å². The number of aromatic nitrogens is 2. The third kappa shape index (κ3) is 4.62. The summed E-state index contributed by atoms with van der Waals surface area (Å²) in [6.07, 6.45) is 0.851. The molecule has 6 nitrogen and oxygen atoms in total. The smallest absolute Gasteiger partial charge is 0.270 e. The van der Waals surface area contributed by atoms with Gasteiger partial charge in [0.1, 0.15) is 17.3 Å². The molecule has 0 saturated heterocycles. The first-order chi connectivity index (χ1) is 11.4. The molecule has 0 spiro atoms. The second kappa shape index (κ2) is 7.68. The summed E-state index contributed by atoms with van der Waals surface area (Å²) in [5.74, 6) is 0.843. The molecular weight excluding hydrogens is 304 g/mol. The predicted molar refractivity (Wildman–Crippen MR) is 93.7 cm³/mol. The fraction of sp³-hybridized carbons (Fsp3) is 0.333. The maximum absolute atomic E-state index is 12.2. The number of nitrogens with one attached hydrogen (secondary N) is 2. The van der Waals surface area contributed by atoms with Crippen LogP contribution in [0.4, 0.5) is 11.5 Å². The molecule has 0 saturated carbocycles. The van der Waals surface area contributed by atoms with Crippen molar-refractivity contribution in [3.05, 3.63) is 47.4 Å². The van der Waals surface area contributed by atoms with E-state index < -0.39 is 0 Å². The normalized spacial score (nSPS) is 11.7. The van der Waals surface area contributed by atoms with Gasteiger partial charge in [-0.25, -0.2) is 9.97 Å². The molecule has 1 atom stereocenters. The van der Waals surface area contributed by atoms with Crippen LogP contribution in [0.15, 0.2) is 30.3 Å². The average Bonchev–Trinajstić information content (AvgIpc) is 2.54. The highest BCUT2D eigenvalue weighted by molar-refractivity contribution is 5.94. The van der Waals surface area contributed by atoms with Crippen LogP contribution in [0.3, 0.4) is 0 Å². The Hall–Kier alpha value is -2.76. The molecule has 0 aliphatic carbocycles. The van der Waals surface area contributed by atoms with Crippen LogP contribution in [0.1, 0.15) is 53.9 Å². The Bertz CT molecular complexity index is 741. The Morgan fingerprint density at radius 1 is 1.17 bits per heavy atom. The average molecular weight is 326 g/mol. The second-order valence-electron chi connectivity index (χ2n) is 5.73. The van der Waals surface area contributed by atoms with E-state index >= 15 is 0 Å². The minimum atomic E-state index is -0.218. The van der Waals surface area contributed by atoms with Crippen LogP contribution < -0.4 is 10.6 Å². The monoisotopic (exact) mass is 326 g/mol. The van der Waals surface area contributed by atoms with E-state index in [1.807, 2.05) is 13.8 Å². The summed E-state index contributed by atoms with van der Waals surface area (Å²) in [7, 11) is 0. The summed E-state index contributed by atoms with van der Waals surface area (Å²) in [5, 5.41) is 6.02. The molecule has 0 aliphatic heterocycles. The van der Waals surface area contributed by atoms with Gasteiger partial charge in [0.2, 0.25) is 0 Å². The molecule has 1 aromatic heterocycles. The molecule has 0 aliphatic rings. The molecule has 2 N–H and O–H groups in total. The number of nitrogens with zero attached hydrogens (tertiary/aromatic N) is 2. The van der Waals surface area contributed by atoms with Crippen molar-refractivity contribution in [2.75, 3.05) is 5.32 Å². The summed E-state index contributed by atoms with van der Waals surface area (Å²) < 4.78 is 0. The summed E-state index contributed by atoms with van der Waals surface area (Å²) in [6.45, 7) is 7.22. The lowest BCUT2D eigenvalue weighted by Gasteiger charge is -2.12. The summed E-state index contributed by atoms with van der Waals surface area (Å²) in [6, 6.07) is 8.79. The first-order valence-corrected chi connectivity index (χ1v) is 7.93. The Morgan fingerprint density at radius 2 is 1.83 bits per heavy atom. The molecule has 0 radical (unpaired) electrons. The van der Waals surface area contributed by atoms with Crippen molar-refractivity contribution in [1.29, 1.82) is 0 Å². The van der Waals surface area contributed by atoms with Gasteiger partial charge in [-0.15, -0.1) is 0 Å². The fourth-order valence-corrected chi connectivity index (χ4v) is 2.08. The third-order valence-electron chi connectivity index (χ3n) is 3.62. The van der Waals surface area contributed by atoms with Gasteiger partial charge in [0.25, 0.3) is 5.91 Å². The molecule has 2 aromatic rings. The standard InChI is InChI=1S/C18H22N4O2/c1-5-11(2)19-18(24)16-10-17(21-13(4)20-16)22-15-8-6-14(7-9-15)12(3)23/h6-11H,5H2,1-4H3,(H,19,24)(H,20,21,22). The number of amides is 1. The maximum Gasteiger partial charge on any atom is 0.270 e. The fourth-order valence-electron chi connectivity index (χ4n) is 2.08. The van der Waals surface area contributed by atoms with E-state index in [2.05, 4.69) is 20.6 Å². The molecule has 1 amide bonds. The second-order valence-corrected chi connectivity index (χ2v) is 5.73. The van der Waals surface area contributed by atoms with Crippen molar-refractivity contribution in [3.63, 3.8) is 0 Å². The van der Waals surface area contributed by atoms with Gasteiger partial charge in [-0.1, -0.05) is 6.92 Å². The van der Waals surface area contributed by atoms with E-state index in [1.165, 1.54) is 6.92 Å². The number of carbonyl (C=O) groups is 2. The molecular formula is C18H22N4O2. The number of Topliss-reactive ketones (excluding diaryl/α,β-unsaturated/α-hetero) is 1. The zero-order chi connectivity index (χ0) is 17.7. The van der Waals surface area contributed by atoms with E-state index in [1.54, 1.807) is 37.3 Å². The van der Waals surface area contributed by atoms with Crippen LogP contribution in [-0.4, -0.2) is 27.7 Å². The highest BCUT2D eigenvalue weighted by atomic mass is 16.2. The zero-order valence-electron chi connectivity index (χ0n) is 14.4. The lowest BCUT2D eigenvalue weighted by Crippen LogP contribution is -2.32. The molecule has 1 unspecified atom stereocenters. The van der Waals surface area contributed by atoms with Gasteiger partial charge in [-0.05, 0) is 51.5 Å². The first-order valence-electron chi connectivity index (χ1n) is 7.93.